The molecule has 0 amide bonds. The second kappa shape index (κ2) is 3.05. The van der Waals surface area contributed by atoms with E-state index in [0.29, 0.717) is 16.3 Å². The van der Waals surface area contributed by atoms with Crippen LogP contribution < -0.4 is 0 Å². The highest BCUT2D eigenvalue weighted by Crippen LogP contribution is 2.67. The minimum Gasteiger partial charge on any atom is -0.385 e. The third-order valence-corrected chi connectivity index (χ3v) is 4.73. The molecular weight excluding hydrogens is 259 g/mol. The van der Waals surface area contributed by atoms with Crippen LogP contribution >= 0.6 is 15.9 Å². The summed E-state index contributed by atoms with van der Waals surface area (Å²) in [6.07, 6.45) is 3.35. The summed E-state index contributed by atoms with van der Waals surface area (Å²) in [5, 5.41) is 10.5. The molecule has 3 heteroatoms. The maximum atomic E-state index is 13.4. The molecule has 0 saturated heterocycles. The van der Waals surface area contributed by atoms with Gasteiger partial charge in [-0.15, -0.1) is 0 Å². The van der Waals surface area contributed by atoms with Crippen LogP contribution in [0.5, 0.6) is 0 Å². The lowest BCUT2D eigenvalue weighted by Gasteiger charge is -2.16. The highest BCUT2D eigenvalue weighted by molar-refractivity contribution is 9.10. The first-order valence-electron chi connectivity index (χ1n) is 5.32. The van der Waals surface area contributed by atoms with Crippen molar-refractivity contribution in [3.63, 3.8) is 0 Å². The van der Waals surface area contributed by atoms with Crippen molar-refractivity contribution in [2.24, 2.45) is 11.8 Å². The van der Waals surface area contributed by atoms with E-state index in [1.807, 2.05) is 6.07 Å². The van der Waals surface area contributed by atoms with Crippen LogP contribution in [0.15, 0.2) is 22.7 Å². The van der Waals surface area contributed by atoms with Gasteiger partial charge in [0.1, 0.15) is 5.82 Å². The van der Waals surface area contributed by atoms with E-state index in [1.54, 1.807) is 6.07 Å². The van der Waals surface area contributed by atoms with Crippen LogP contribution in [0.1, 0.15) is 24.8 Å². The molecule has 2 atom stereocenters. The number of halogens is 2. The fraction of sp³-hybridized carbons (Fsp3) is 0.500. The normalized spacial score (nSPS) is 37.8. The van der Waals surface area contributed by atoms with Gasteiger partial charge in [0.05, 0.1) is 10.1 Å². The maximum Gasteiger partial charge on any atom is 0.137 e. The van der Waals surface area contributed by atoms with Crippen molar-refractivity contribution < 1.29 is 9.50 Å². The van der Waals surface area contributed by atoms with Crippen LogP contribution in [0.4, 0.5) is 4.39 Å². The van der Waals surface area contributed by atoms with Gasteiger partial charge in [-0.05, 0) is 46.7 Å². The molecule has 2 aliphatic rings. The SMILES string of the molecule is OC1(c2cccc(F)c2Br)C2CCCC21. The van der Waals surface area contributed by atoms with Gasteiger partial charge in [-0.25, -0.2) is 4.39 Å². The Labute approximate surface area is 96.4 Å². The predicted octanol–water partition coefficient (Wildman–Crippen LogP) is 3.21. The average molecular weight is 271 g/mol. The van der Waals surface area contributed by atoms with Crippen LogP contribution in [0.25, 0.3) is 0 Å². The largest absolute Gasteiger partial charge is 0.385 e. The van der Waals surface area contributed by atoms with E-state index in [0.717, 1.165) is 18.4 Å². The van der Waals surface area contributed by atoms with Crippen LogP contribution in [0, 0.1) is 17.7 Å². The molecule has 0 spiro atoms. The van der Waals surface area contributed by atoms with Gasteiger partial charge in [-0.1, -0.05) is 18.6 Å². The first-order chi connectivity index (χ1) is 7.15. The topological polar surface area (TPSA) is 20.2 Å². The monoisotopic (exact) mass is 270 g/mol. The van der Waals surface area contributed by atoms with Crippen molar-refractivity contribution in [2.45, 2.75) is 24.9 Å². The summed E-state index contributed by atoms with van der Waals surface area (Å²) in [6.45, 7) is 0. The van der Waals surface area contributed by atoms with Crippen molar-refractivity contribution in [3.8, 4) is 0 Å². The Morgan fingerprint density at radius 2 is 2.00 bits per heavy atom. The lowest BCUT2D eigenvalue weighted by Crippen LogP contribution is -2.14. The van der Waals surface area contributed by atoms with Gasteiger partial charge >= 0.3 is 0 Å². The van der Waals surface area contributed by atoms with Gasteiger partial charge in [0.15, 0.2) is 0 Å². The van der Waals surface area contributed by atoms with Gasteiger partial charge in [0, 0.05) is 5.56 Å². The van der Waals surface area contributed by atoms with E-state index in [4.69, 9.17) is 0 Å². The molecule has 1 nitrogen and oxygen atoms in total. The highest BCUT2D eigenvalue weighted by Gasteiger charge is 2.66. The standard InChI is InChI=1S/C12H12BrFO/c13-11-9(5-2-6-10(11)14)12(15)7-3-1-4-8(7)12/h2,5-8,15H,1,3-4H2. The summed E-state index contributed by atoms with van der Waals surface area (Å²) >= 11 is 3.23. The quantitative estimate of drug-likeness (QED) is 0.831. The zero-order valence-electron chi connectivity index (χ0n) is 8.21. The van der Waals surface area contributed by atoms with E-state index in [1.165, 1.54) is 12.5 Å². The molecule has 0 bridgehead atoms. The lowest BCUT2D eigenvalue weighted by atomic mass is 9.99. The Morgan fingerprint density at radius 3 is 2.67 bits per heavy atom. The molecule has 15 heavy (non-hydrogen) atoms. The molecule has 0 heterocycles. The smallest absolute Gasteiger partial charge is 0.137 e. The molecule has 3 rings (SSSR count). The molecule has 1 aromatic rings. The van der Waals surface area contributed by atoms with Gasteiger partial charge in [0.2, 0.25) is 0 Å². The Hall–Kier alpha value is -0.410. The van der Waals surface area contributed by atoms with Gasteiger partial charge in [-0.3, -0.25) is 0 Å². The Morgan fingerprint density at radius 1 is 1.33 bits per heavy atom. The molecule has 2 fully saturated rings. The summed E-state index contributed by atoms with van der Waals surface area (Å²) in [7, 11) is 0. The van der Waals surface area contributed by atoms with Crippen molar-refractivity contribution in [1.29, 1.82) is 0 Å². The van der Waals surface area contributed by atoms with Crippen molar-refractivity contribution in [2.75, 3.05) is 0 Å². The van der Waals surface area contributed by atoms with Crippen molar-refractivity contribution >= 4 is 15.9 Å². The number of aliphatic hydroxyl groups is 1. The zero-order chi connectivity index (χ0) is 10.6. The van der Waals surface area contributed by atoms with Crippen LogP contribution in [0.2, 0.25) is 0 Å². The third kappa shape index (κ3) is 1.16. The first kappa shape index (κ1) is 9.79. The number of rotatable bonds is 1. The van der Waals surface area contributed by atoms with Crippen LogP contribution in [0.3, 0.4) is 0 Å². The second-order valence-corrected chi connectivity index (χ2v) is 5.36. The van der Waals surface area contributed by atoms with Crippen molar-refractivity contribution in [3.05, 3.63) is 34.1 Å². The predicted molar refractivity (Wildman–Crippen MR) is 58.8 cm³/mol. The van der Waals surface area contributed by atoms with Gasteiger partial charge < -0.3 is 5.11 Å². The molecule has 2 saturated carbocycles. The Bertz CT molecular complexity index is 408. The molecule has 1 N–H and O–H groups in total. The third-order valence-electron chi connectivity index (χ3n) is 3.92. The summed E-state index contributed by atoms with van der Waals surface area (Å²) < 4.78 is 13.8. The zero-order valence-corrected chi connectivity index (χ0v) is 9.80. The van der Waals surface area contributed by atoms with E-state index in [2.05, 4.69) is 15.9 Å². The lowest BCUT2D eigenvalue weighted by molar-refractivity contribution is 0.104. The fourth-order valence-electron chi connectivity index (χ4n) is 3.13. The molecule has 0 aromatic heterocycles. The van der Waals surface area contributed by atoms with Gasteiger partial charge in [-0.2, -0.15) is 0 Å². The van der Waals surface area contributed by atoms with Gasteiger partial charge in [0.25, 0.3) is 0 Å². The molecule has 2 unspecified atom stereocenters. The first-order valence-corrected chi connectivity index (χ1v) is 6.12. The number of benzene rings is 1. The number of hydrogen-bond acceptors (Lipinski definition) is 1. The molecule has 2 aliphatic carbocycles. The number of hydrogen-bond donors (Lipinski definition) is 1. The summed E-state index contributed by atoms with van der Waals surface area (Å²) in [4.78, 5) is 0. The number of fused-ring (bicyclic) bond motifs is 1. The molecule has 80 valence electrons. The minimum absolute atomic E-state index is 0.286. The molecule has 1 aromatic carbocycles. The summed E-state index contributed by atoms with van der Waals surface area (Å²) in [5.74, 6) is 0.428. The maximum absolute atomic E-state index is 13.4. The average Bonchev–Trinajstić information content (AvgIpc) is 2.67. The molecular formula is C12H12BrFO. The molecule has 0 radical (unpaired) electrons. The van der Waals surface area contributed by atoms with Crippen LogP contribution in [-0.2, 0) is 5.60 Å². The van der Waals surface area contributed by atoms with E-state index >= 15 is 0 Å². The Balaban J connectivity index is 2.04. The summed E-state index contributed by atoms with van der Waals surface area (Å²) in [6, 6.07) is 4.90. The van der Waals surface area contributed by atoms with E-state index < -0.39 is 5.60 Å². The van der Waals surface area contributed by atoms with E-state index in [9.17, 15) is 9.50 Å². The van der Waals surface area contributed by atoms with Crippen molar-refractivity contribution in [1.82, 2.24) is 0 Å². The molecule has 0 aliphatic heterocycles. The van der Waals surface area contributed by atoms with Crippen LogP contribution in [-0.4, -0.2) is 5.11 Å². The second-order valence-electron chi connectivity index (χ2n) is 4.57. The van der Waals surface area contributed by atoms with E-state index in [-0.39, 0.29) is 5.82 Å². The highest BCUT2D eigenvalue weighted by atomic mass is 79.9. The summed E-state index contributed by atoms with van der Waals surface area (Å²) in [5.41, 5.74) is -0.0173. The Kier molecular flexibility index (Phi) is 1.99. The minimum atomic E-state index is -0.751. The fourth-order valence-corrected chi connectivity index (χ4v) is 3.72.